The predicted molar refractivity (Wildman–Crippen MR) is 80.6 cm³/mol. The fraction of sp³-hybridized carbons (Fsp3) is 0.364. The summed E-state index contributed by atoms with van der Waals surface area (Å²) in [6, 6.07) is 6.65. The fourth-order valence-electron chi connectivity index (χ4n) is 1.80. The first kappa shape index (κ1) is 11.6. The first-order chi connectivity index (χ1) is 7.16. The topological polar surface area (TPSA) is 15.6 Å². The largest absolute Gasteiger partial charge is 0.365 e. The second-order valence-corrected chi connectivity index (χ2v) is 6.19. The van der Waals surface area contributed by atoms with E-state index in [2.05, 4.69) is 80.3 Å². The van der Waals surface area contributed by atoms with Gasteiger partial charge in [0.05, 0.1) is 6.34 Å². The molecule has 0 aromatic heterocycles. The number of benzene rings is 1. The van der Waals surface area contributed by atoms with Crippen molar-refractivity contribution in [3.8, 4) is 0 Å². The highest BCUT2D eigenvalue weighted by molar-refractivity contribution is 14.1. The molecule has 4 heteroatoms. The van der Waals surface area contributed by atoms with Crippen molar-refractivity contribution >= 4 is 51.5 Å². The molecule has 1 heterocycles. The summed E-state index contributed by atoms with van der Waals surface area (Å²) in [7, 11) is 2.08. The van der Waals surface area contributed by atoms with E-state index in [0.29, 0.717) is 5.92 Å². The molecule has 1 aliphatic rings. The van der Waals surface area contributed by atoms with Crippen molar-refractivity contribution in [1.82, 2.24) is 4.90 Å². The highest BCUT2D eigenvalue weighted by atomic mass is 127. The summed E-state index contributed by atoms with van der Waals surface area (Å²) in [6.45, 7) is 1.99. The molecule has 0 bridgehead atoms. The van der Waals surface area contributed by atoms with E-state index in [4.69, 9.17) is 0 Å². The Morgan fingerprint density at radius 2 is 2.20 bits per heavy atom. The number of hydrogen-bond acceptors (Lipinski definition) is 2. The van der Waals surface area contributed by atoms with Crippen LogP contribution in [0.3, 0.4) is 0 Å². The van der Waals surface area contributed by atoms with E-state index in [-0.39, 0.29) is 0 Å². The third-order valence-electron chi connectivity index (χ3n) is 2.52. The molecule has 1 aliphatic heterocycles. The molecular weight excluding hydrogens is 414 g/mol. The van der Waals surface area contributed by atoms with Crippen molar-refractivity contribution in [3.05, 3.63) is 30.9 Å². The predicted octanol–water partition coefficient (Wildman–Crippen LogP) is 2.95. The molecule has 1 aromatic carbocycles. The quantitative estimate of drug-likeness (QED) is 0.631. The number of aliphatic imine (C=N–C) groups is 1. The van der Waals surface area contributed by atoms with Gasteiger partial charge in [-0.25, -0.2) is 0 Å². The molecule has 1 atom stereocenters. The number of nitrogens with zero attached hydrogens (tertiary/aromatic N) is 2. The van der Waals surface area contributed by atoms with Crippen LogP contribution in [-0.4, -0.2) is 31.4 Å². The number of likely N-dealkylation sites (N-methyl/N-ethyl adjacent to an activating group) is 1. The fourth-order valence-corrected chi connectivity index (χ4v) is 3.84. The summed E-state index contributed by atoms with van der Waals surface area (Å²) in [5, 5.41) is 0. The maximum atomic E-state index is 4.38. The van der Waals surface area contributed by atoms with E-state index in [1.54, 1.807) is 0 Å². The Balaban J connectivity index is 2.26. The summed E-state index contributed by atoms with van der Waals surface area (Å²) in [4.78, 5) is 6.53. The Kier molecular flexibility index (Phi) is 3.87. The maximum absolute atomic E-state index is 4.38. The van der Waals surface area contributed by atoms with Gasteiger partial charge in [0.15, 0.2) is 0 Å². The zero-order chi connectivity index (χ0) is 10.8. The van der Waals surface area contributed by atoms with E-state index in [0.717, 1.165) is 13.1 Å². The van der Waals surface area contributed by atoms with Crippen LogP contribution >= 0.6 is 45.2 Å². The van der Waals surface area contributed by atoms with E-state index < -0.39 is 0 Å². The molecule has 80 valence electrons. The van der Waals surface area contributed by atoms with Crippen molar-refractivity contribution in [2.45, 2.75) is 5.92 Å². The average Bonchev–Trinajstić information content (AvgIpc) is 2.17. The van der Waals surface area contributed by atoms with Gasteiger partial charge in [-0.2, -0.15) is 0 Å². The van der Waals surface area contributed by atoms with Gasteiger partial charge in [-0.3, -0.25) is 4.99 Å². The second-order valence-electron chi connectivity index (χ2n) is 3.78. The van der Waals surface area contributed by atoms with E-state index in [1.165, 1.54) is 12.7 Å². The molecule has 0 N–H and O–H groups in total. The van der Waals surface area contributed by atoms with Crippen molar-refractivity contribution in [2.75, 3.05) is 20.1 Å². The van der Waals surface area contributed by atoms with Crippen LogP contribution in [0, 0.1) is 7.14 Å². The summed E-state index contributed by atoms with van der Waals surface area (Å²) in [6.07, 6.45) is 1.93. The third-order valence-corrected chi connectivity index (χ3v) is 4.12. The maximum Gasteiger partial charge on any atom is 0.0847 e. The summed E-state index contributed by atoms with van der Waals surface area (Å²) in [5.74, 6) is 0.545. The van der Waals surface area contributed by atoms with Gasteiger partial charge in [0.2, 0.25) is 0 Å². The molecular formula is C11H12I2N2. The highest BCUT2D eigenvalue weighted by Gasteiger charge is 2.18. The second kappa shape index (κ2) is 4.99. The summed E-state index contributed by atoms with van der Waals surface area (Å²) < 4.78 is 2.66. The van der Waals surface area contributed by atoms with Crippen LogP contribution in [0.15, 0.2) is 23.2 Å². The van der Waals surface area contributed by atoms with Crippen LogP contribution in [0.25, 0.3) is 0 Å². The van der Waals surface area contributed by atoms with Gasteiger partial charge in [0.25, 0.3) is 0 Å². The minimum Gasteiger partial charge on any atom is -0.365 e. The van der Waals surface area contributed by atoms with Gasteiger partial charge < -0.3 is 4.90 Å². The Bertz CT molecular complexity index is 390. The minimum absolute atomic E-state index is 0.545. The first-order valence-corrected chi connectivity index (χ1v) is 6.97. The van der Waals surface area contributed by atoms with Crippen LogP contribution < -0.4 is 0 Å². The Morgan fingerprint density at radius 1 is 1.40 bits per heavy atom. The smallest absolute Gasteiger partial charge is 0.0847 e. The molecule has 0 saturated carbocycles. The van der Waals surface area contributed by atoms with Gasteiger partial charge in [-0.15, -0.1) is 0 Å². The van der Waals surface area contributed by atoms with Crippen molar-refractivity contribution in [1.29, 1.82) is 0 Å². The van der Waals surface area contributed by atoms with Crippen LogP contribution in [0.5, 0.6) is 0 Å². The molecule has 0 radical (unpaired) electrons. The van der Waals surface area contributed by atoms with Crippen LogP contribution in [-0.2, 0) is 0 Å². The van der Waals surface area contributed by atoms with E-state index >= 15 is 0 Å². The molecule has 1 aromatic rings. The van der Waals surface area contributed by atoms with Gasteiger partial charge in [0.1, 0.15) is 0 Å². The van der Waals surface area contributed by atoms with Crippen LogP contribution in [0.2, 0.25) is 0 Å². The average molecular weight is 426 g/mol. The van der Waals surface area contributed by atoms with Gasteiger partial charge in [-0.1, -0.05) is 6.07 Å². The molecule has 15 heavy (non-hydrogen) atoms. The standard InChI is InChI=1S/C11H12I2N2/c1-15-6-8(5-14-7-15)10-3-2-9(12)4-11(10)13/h2-4,7-8H,5-6H2,1H3. The molecule has 2 nitrogen and oxygen atoms in total. The molecule has 0 saturated heterocycles. The Morgan fingerprint density at radius 3 is 2.87 bits per heavy atom. The normalized spacial score (nSPS) is 20.7. The van der Waals surface area contributed by atoms with Gasteiger partial charge >= 0.3 is 0 Å². The molecule has 0 amide bonds. The van der Waals surface area contributed by atoms with Crippen molar-refractivity contribution in [2.24, 2.45) is 4.99 Å². The van der Waals surface area contributed by atoms with Crippen molar-refractivity contribution < 1.29 is 0 Å². The lowest BCUT2D eigenvalue weighted by atomic mass is 9.98. The molecule has 0 fully saturated rings. The molecule has 1 unspecified atom stereocenters. The van der Waals surface area contributed by atoms with Crippen LogP contribution in [0.1, 0.15) is 11.5 Å². The third kappa shape index (κ3) is 2.83. The van der Waals surface area contributed by atoms with Crippen LogP contribution in [0.4, 0.5) is 0 Å². The Labute approximate surface area is 117 Å². The zero-order valence-corrected chi connectivity index (χ0v) is 12.8. The number of halogens is 2. The zero-order valence-electron chi connectivity index (χ0n) is 8.45. The summed E-state index contributed by atoms with van der Waals surface area (Å²) >= 11 is 4.77. The molecule has 2 rings (SSSR count). The monoisotopic (exact) mass is 426 g/mol. The van der Waals surface area contributed by atoms with Gasteiger partial charge in [-0.05, 0) is 62.9 Å². The SMILES string of the molecule is CN1C=NCC(c2ccc(I)cc2I)C1. The molecule has 0 spiro atoms. The number of hydrogen-bond donors (Lipinski definition) is 0. The number of rotatable bonds is 1. The Hall–Kier alpha value is 0.150. The van der Waals surface area contributed by atoms with E-state index in [1.807, 2.05) is 6.34 Å². The lowest BCUT2D eigenvalue weighted by Gasteiger charge is -2.26. The minimum atomic E-state index is 0.545. The highest BCUT2D eigenvalue weighted by Crippen LogP contribution is 2.25. The summed E-state index contributed by atoms with van der Waals surface area (Å²) in [5.41, 5.74) is 1.43. The van der Waals surface area contributed by atoms with Crippen molar-refractivity contribution in [3.63, 3.8) is 0 Å². The van der Waals surface area contributed by atoms with E-state index in [9.17, 15) is 0 Å². The molecule has 0 aliphatic carbocycles. The van der Waals surface area contributed by atoms with Gasteiger partial charge in [0, 0.05) is 33.2 Å². The first-order valence-electron chi connectivity index (χ1n) is 4.82. The lowest BCUT2D eigenvalue weighted by molar-refractivity contribution is 0.439. The lowest BCUT2D eigenvalue weighted by Crippen LogP contribution is -2.29.